The molecule has 0 amide bonds. The highest BCUT2D eigenvalue weighted by atomic mass is 35.5. The van der Waals surface area contributed by atoms with Gasteiger partial charge in [-0.2, -0.15) is 10.4 Å². The van der Waals surface area contributed by atoms with Crippen molar-refractivity contribution in [2.45, 2.75) is 18.9 Å². The molecule has 2 aromatic heterocycles. The zero-order valence-electron chi connectivity index (χ0n) is 17.3. The number of nitriles is 1. The third kappa shape index (κ3) is 5.23. The average molecular weight is 442 g/mol. The van der Waals surface area contributed by atoms with Crippen molar-refractivity contribution in [3.63, 3.8) is 0 Å². The Morgan fingerprint density at radius 2 is 2.13 bits per heavy atom. The van der Waals surface area contributed by atoms with Crippen LogP contribution in [0.1, 0.15) is 18.5 Å². The van der Waals surface area contributed by atoms with Gasteiger partial charge in [0, 0.05) is 23.7 Å². The number of aromatic amines is 1. The summed E-state index contributed by atoms with van der Waals surface area (Å²) in [6.07, 6.45) is 5.28. The Hall–Kier alpha value is -3.35. The Labute approximate surface area is 186 Å². The molecule has 0 radical (unpaired) electrons. The predicted molar refractivity (Wildman–Crippen MR) is 119 cm³/mol. The van der Waals surface area contributed by atoms with Gasteiger partial charge in [-0.3, -0.25) is 5.10 Å². The molecule has 4 rings (SSSR count). The molecule has 31 heavy (non-hydrogen) atoms. The minimum absolute atomic E-state index is 0. The van der Waals surface area contributed by atoms with Gasteiger partial charge in [0.15, 0.2) is 11.5 Å². The van der Waals surface area contributed by atoms with E-state index in [-0.39, 0.29) is 18.1 Å². The Balaban J connectivity index is 0.00000272. The molecule has 1 atom stereocenters. The lowest BCUT2D eigenvalue weighted by Gasteiger charge is -2.20. The first-order valence-electron chi connectivity index (χ1n) is 9.72. The van der Waals surface area contributed by atoms with Crippen LogP contribution in [0, 0.1) is 11.3 Å². The summed E-state index contributed by atoms with van der Waals surface area (Å²) in [5, 5.41) is 19.1. The topological polar surface area (TPSA) is 112 Å². The third-order valence-corrected chi connectivity index (χ3v) is 5.18. The summed E-state index contributed by atoms with van der Waals surface area (Å²) < 4.78 is 11.6. The fourth-order valence-corrected chi connectivity index (χ4v) is 3.47. The fourth-order valence-electron chi connectivity index (χ4n) is 3.47. The summed E-state index contributed by atoms with van der Waals surface area (Å²) in [5.41, 5.74) is 1.92. The first kappa shape index (κ1) is 22.3. The number of likely N-dealkylation sites (N-methyl/N-ethyl adjacent to an activating group) is 1. The number of hydrogen-bond donors (Lipinski definition) is 2. The van der Waals surface area contributed by atoms with Gasteiger partial charge in [0.25, 0.3) is 0 Å². The number of nitrogens with zero attached hydrogens (tertiary/aromatic N) is 5. The molecule has 0 spiro atoms. The van der Waals surface area contributed by atoms with Crippen molar-refractivity contribution in [1.29, 1.82) is 5.26 Å². The van der Waals surface area contributed by atoms with Crippen LogP contribution in [0.3, 0.4) is 0 Å². The largest absolute Gasteiger partial charge is 0.496 e. The van der Waals surface area contributed by atoms with Gasteiger partial charge in [-0.1, -0.05) is 0 Å². The molecular formula is C21H24ClN7O2. The highest BCUT2D eigenvalue weighted by molar-refractivity contribution is 5.85. The molecule has 1 aromatic carbocycles. The van der Waals surface area contributed by atoms with Crippen LogP contribution in [-0.4, -0.2) is 58.4 Å². The van der Waals surface area contributed by atoms with E-state index in [4.69, 9.17) is 14.7 Å². The van der Waals surface area contributed by atoms with Crippen LogP contribution >= 0.6 is 12.4 Å². The number of hydrogen-bond acceptors (Lipinski definition) is 8. The van der Waals surface area contributed by atoms with Gasteiger partial charge in [0.05, 0.1) is 25.2 Å². The SMILES string of the molecule is COc1cc(OC[C@H]2CCCN2C)ccc1-c1cc(Nc2cnc(C#N)cn2)n[nH]1.Cl. The van der Waals surface area contributed by atoms with Crippen molar-refractivity contribution in [2.24, 2.45) is 0 Å². The highest BCUT2D eigenvalue weighted by Crippen LogP contribution is 2.33. The lowest BCUT2D eigenvalue weighted by atomic mass is 10.1. The summed E-state index contributed by atoms with van der Waals surface area (Å²) in [6.45, 7) is 1.79. The first-order valence-corrected chi connectivity index (χ1v) is 9.72. The standard InChI is InChI=1S/C21H23N7O2.ClH/c1-28-7-3-4-15(28)13-30-16-5-6-17(19(8-16)29-2)18-9-20(27-26-18)25-21-12-23-14(10-22)11-24-21;/h5-6,8-9,11-12,15H,3-4,7,13H2,1-2H3,(H2,24,25,26,27);1H/t15-;/m1./s1. The lowest BCUT2D eigenvalue weighted by molar-refractivity contribution is 0.198. The normalized spacial score (nSPS) is 15.7. The van der Waals surface area contributed by atoms with Crippen molar-refractivity contribution >= 4 is 24.0 Å². The van der Waals surface area contributed by atoms with Gasteiger partial charge in [-0.15, -0.1) is 12.4 Å². The fraction of sp³-hybridized carbons (Fsp3) is 0.333. The van der Waals surface area contributed by atoms with Gasteiger partial charge >= 0.3 is 0 Å². The van der Waals surface area contributed by atoms with Crippen LogP contribution in [0.4, 0.5) is 11.6 Å². The van der Waals surface area contributed by atoms with E-state index in [0.717, 1.165) is 23.6 Å². The van der Waals surface area contributed by atoms with E-state index in [1.165, 1.54) is 25.2 Å². The van der Waals surface area contributed by atoms with E-state index in [9.17, 15) is 0 Å². The van der Waals surface area contributed by atoms with Crippen LogP contribution < -0.4 is 14.8 Å². The summed E-state index contributed by atoms with van der Waals surface area (Å²) in [7, 11) is 3.77. The second-order valence-corrected chi connectivity index (χ2v) is 7.14. The molecule has 1 aliphatic heterocycles. The van der Waals surface area contributed by atoms with Gasteiger partial charge in [-0.25, -0.2) is 9.97 Å². The van der Waals surface area contributed by atoms with Crippen molar-refractivity contribution in [2.75, 3.05) is 32.6 Å². The Bertz CT molecular complexity index is 1050. The summed E-state index contributed by atoms with van der Waals surface area (Å²) in [6, 6.07) is 10.0. The number of rotatable bonds is 7. The Morgan fingerprint density at radius 1 is 1.26 bits per heavy atom. The van der Waals surface area contributed by atoms with Crippen LogP contribution in [0.15, 0.2) is 36.7 Å². The molecule has 9 nitrogen and oxygen atoms in total. The molecule has 0 bridgehead atoms. The molecule has 1 saturated heterocycles. The van der Waals surface area contributed by atoms with Crippen molar-refractivity contribution < 1.29 is 9.47 Å². The maximum atomic E-state index is 8.80. The second-order valence-electron chi connectivity index (χ2n) is 7.14. The van der Waals surface area contributed by atoms with E-state index >= 15 is 0 Å². The van der Waals surface area contributed by atoms with E-state index < -0.39 is 0 Å². The molecule has 1 fully saturated rings. The van der Waals surface area contributed by atoms with Gasteiger partial charge < -0.3 is 19.7 Å². The van der Waals surface area contributed by atoms with E-state index in [1.807, 2.05) is 30.3 Å². The minimum Gasteiger partial charge on any atom is -0.496 e. The molecule has 0 aliphatic carbocycles. The number of benzene rings is 1. The molecule has 162 valence electrons. The molecule has 2 N–H and O–H groups in total. The van der Waals surface area contributed by atoms with Gasteiger partial charge in [0.1, 0.15) is 30.0 Å². The molecule has 1 aliphatic rings. The first-order chi connectivity index (χ1) is 14.7. The minimum atomic E-state index is 0. The third-order valence-electron chi connectivity index (χ3n) is 5.18. The second kappa shape index (κ2) is 10.1. The number of anilines is 2. The highest BCUT2D eigenvalue weighted by Gasteiger charge is 2.21. The summed E-state index contributed by atoms with van der Waals surface area (Å²) in [5.74, 6) is 2.55. The van der Waals surface area contributed by atoms with Crippen LogP contribution in [0.2, 0.25) is 0 Å². The van der Waals surface area contributed by atoms with Gasteiger partial charge in [-0.05, 0) is 38.6 Å². The number of ether oxygens (including phenoxy) is 2. The molecular weight excluding hydrogens is 418 g/mol. The van der Waals surface area contributed by atoms with E-state index in [1.54, 1.807) is 7.11 Å². The Kier molecular flexibility index (Phi) is 7.28. The van der Waals surface area contributed by atoms with Crippen LogP contribution in [0.25, 0.3) is 11.3 Å². The zero-order chi connectivity index (χ0) is 20.9. The number of methoxy groups -OCH3 is 1. The number of likely N-dealkylation sites (tertiary alicyclic amines) is 1. The maximum absolute atomic E-state index is 8.80. The number of H-pyrrole nitrogens is 1. The van der Waals surface area contributed by atoms with Gasteiger partial charge in [0.2, 0.25) is 0 Å². The molecule has 0 saturated carbocycles. The van der Waals surface area contributed by atoms with Crippen molar-refractivity contribution in [3.8, 4) is 28.8 Å². The number of halogens is 1. The van der Waals surface area contributed by atoms with Crippen molar-refractivity contribution in [3.05, 3.63) is 42.4 Å². The summed E-state index contributed by atoms with van der Waals surface area (Å²) >= 11 is 0. The van der Waals surface area contributed by atoms with E-state index in [2.05, 4.69) is 37.4 Å². The molecule has 0 unspecified atom stereocenters. The average Bonchev–Trinajstić information content (AvgIpc) is 3.41. The van der Waals surface area contributed by atoms with Crippen LogP contribution in [-0.2, 0) is 0 Å². The quantitative estimate of drug-likeness (QED) is 0.573. The van der Waals surface area contributed by atoms with Crippen LogP contribution in [0.5, 0.6) is 11.5 Å². The zero-order valence-corrected chi connectivity index (χ0v) is 18.1. The summed E-state index contributed by atoms with van der Waals surface area (Å²) in [4.78, 5) is 10.5. The number of aromatic nitrogens is 4. The molecule has 10 heteroatoms. The smallest absolute Gasteiger partial charge is 0.158 e. The number of nitrogens with one attached hydrogen (secondary N) is 2. The Morgan fingerprint density at radius 3 is 2.81 bits per heavy atom. The lowest BCUT2D eigenvalue weighted by Crippen LogP contribution is -2.30. The predicted octanol–water partition coefficient (Wildman–Crippen LogP) is 3.39. The monoisotopic (exact) mass is 441 g/mol. The molecule has 3 aromatic rings. The molecule has 3 heterocycles. The van der Waals surface area contributed by atoms with Crippen molar-refractivity contribution in [1.82, 2.24) is 25.1 Å². The van der Waals surface area contributed by atoms with E-state index in [0.29, 0.717) is 30.0 Å². The maximum Gasteiger partial charge on any atom is 0.158 e.